The molecule has 2 rings (SSSR count). The second-order valence-corrected chi connectivity index (χ2v) is 4.72. The predicted octanol–water partition coefficient (Wildman–Crippen LogP) is 1.69. The third kappa shape index (κ3) is 3.00. The Morgan fingerprint density at radius 1 is 1.22 bits per heavy atom. The molecular weight excluding hydrogens is 229 g/mol. The molecule has 18 heavy (non-hydrogen) atoms. The number of hydrogen-bond donors (Lipinski definition) is 1. The lowest BCUT2D eigenvalue weighted by Crippen LogP contribution is -2.46. The summed E-state index contributed by atoms with van der Waals surface area (Å²) >= 11 is 0. The zero-order valence-corrected chi connectivity index (χ0v) is 11.2. The quantitative estimate of drug-likeness (QED) is 0.878. The molecule has 0 spiro atoms. The van der Waals surface area contributed by atoms with E-state index < -0.39 is 0 Å². The fourth-order valence-corrected chi connectivity index (χ4v) is 2.50. The third-order valence-corrected chi connectivity index (χ3v) is 3.57. The second-order valence-electron chi connectivity index (χ2n) is 4.72. The summed E-state index contributed by atoms with van der Waals surface area (Å²) in [6.07, 6.45) is 0. The Hall–Kier alpha value is -1.13. The Labute approximate surface area is 109 Å². The van der Waals surface area contributed by atoms with Crippen LogP contribution < -0.4 is 10.2 Å². The lowest BCUT2D eigenvalue weighted by Gasteiger charge is -2.36. The van der Waals surface area contributed by atoms with Crippen molar-refractivity contribution in [2.75, 3.05) is 44.7 Å². The average Bonchev–Trinajstić information content (AvgIpc) is 2.40. The van der Waals surface area contributed by atoms with Gasteiger partial charge in [-0.15, -0.1) is 0 Å². The predicted molar refractivity (Wildman–Crippen MR) is 73.5 cm³/mol. The number of likely N-dealkylation sites (N-methyl/N-ethyl adjacent to an activating group) is 1. The minimum Gasteiger partial charge on any atom is -0.369 e. The van der Waals surface area contributed by atoms with Gasteiger partial charge in [0, 0.05) is 38.4 Å². The minimum absolute atomic E-state index is 0.156. The van der Waals surface area contributed by atoms with Crippen molar-refractivity contribution in [1.82, 2.24) is 10.2 Å². The summed E-state index contributed by atoms with van der Waals surface area (Å²) in [5.41, 5.74) is 2.21. The van der Waals surface area contributed by atoms with Crippen LogP contribution in [0.15, 0.2) is 18.2 Å². The normalized spacial score (nSPS) is 17.2. The van der Waals surface area contributed by atoms with E-state index in [1.807, 2.05) is 13.1 Å². The van der Waals surface area contributed by atoms with E-state index in [0.29, 0.717) is 6.54 Å². The highest BCUT2D eigenvalue weighted by atomic mass is 19.1. The van der Waals surface area contributed by atoms with Crippen molar-refractivity contribution in [3.8, 4) is 0 Å². The van der Waals surface area contributed by atoms with Crippen LogP contribution in [-0.4, -0.2) is 44.7 Å². The molecule has 1 heterocycles. The summed E-state index contributed by atoms with van der Waals surface area (Å²) in [7, 11) is 1.89. The van der Waals surface area contributed by atoms with E-state index >= 15 is 0 Å². The topological polar surface area (TPSA) is 18.5 Å². The molecule has 1 saturated heterocycles. The Morgan fingerprint density at radius 3 is 2.56 bits per heavy atom. The van der Waals surface area contributed by atoms with Crippen LogP contribution in [0.5, 0.6) is 0 Å². The van der Waals surface area contributed by atoms with Crippen LogP contribution in [0.1, 0.15) is 12.5 Å². The summed E-state index contributed by atoms with van der Waals surface area (Å²) in [6.45, 7) is 8.24. The standard InChI is InChI=1S/C14H22FN3/c1-3-17-6-8-18(9-7-17)14-5-4-13(15)10-12(14)11-16-2/h4-5,10,16H,3,6-9,11H2,1-2H3. The largest absolute Gasteiger partial charge is 0.369 e. The van der Waals surface area contributed by atoms with Crippen molar-refractivity contribution in [1.29, 1.82) is 0 Å². The molecule has 0 aliphatic carbocycles. The molecule has 0 unspecified atom stereocenters. The van der Waals surface area contributed by atoms with Gasteiger partial charge in [-0.05, 0) is 37.4 Å². The average molecular weight is 251 g/mol. The Bertz CT molecular complexity index is 387. The molecule has 100 valence electrons. The van der Waals surface area contributed by atoms with E-state index in [1.165, 1.54) is 5.69 Å². The first-order chi connectivity index (χ1) is 8.74. The summed E-state index contributed by atoms with van der Waals surface area (Å²) in [5.74, 6) is -0.156. The number of nitrogens with zero attached hydrogens (tertiary/aromatic N) is 2. The van der Waals surface area contributed by atoms with E-state index in [4.69, 9.17) is 0 Å². The van der Waals surface area contributed by atoms with E-state index in [9.17, 15) is 4.39 Å². The van der Waals surface area contributed by atoms with Gasteiger partial charge in [-0.25, -0.2) is 4.39 Å². The Morgan fingerprint density at radius 2 is 1.94 bits per heavy atom. The van der Waals surface area contributed by atoms with Crippen molar-refractivity contribution in [3.05, 3.63) is 29.6 Å². The van der Waals surface area contributed by atoms with Gasteiger partial charge in [0.2, 0.25) is 0 Å². The van der Waals surface area contributed by atoms with Crippen LogP contribution in [0.2, 0.25) is 0 Å². The highest BCUT2D eigenvalue weighted by molar-refractivity contribution is 5.54. The third-order valence-electron chi connectivity index (χ3n) is 3.57. The smallest absolute Gasteiger partial charge is 0.123 e. The number of hydrogen-bond acceptors (Lipinski definition) is 3. The molecule has 1 fully saturated rings. The SMILES string of the molecule is CCN1CCN(c2ccc(F)cc2CNC)CC1. The van der Waals surface area contributed by atoms with Crippen LogP contribution in [0.25, 0.3) is 0 Å². The number of benzene rings is 1. The molecule has 0 radical (unpaired) electrons. The van der Waals surface area contributed by atoms with Gasteiger partial charge in [0.15, 0.2) is 0 Å². The van der Waals surface area contributed by atoms with Crippen molar-refractivity contribution >= 4 is 5.69 Å². The minimum atomic E-state index is -0.156. The van der Waals surface area contributed by atoms with E-state index in [2.05, 4.69) is 22.0 Å². The highest BCUT2D eigenvalue weighted by Gasteiger charge is 2.18. The molecule has 4 heteroatoms. The second kappa shape index (κ2) is 6.16. The van der Waals surface area contributed by atoms with Gasteiger partial charge in [0.05, 0.1) is 0 Å². The molecule has 0 aromatic heterocycles. The first-order valence-corrected chi connectivity index (χ1v) is 6.65. The first-order valence-electron chi connectivity index (χ1n) is 6.65. The van der Waals surface area contributed by atoms with Crippen molar-refractivity contribution < 1.29 is 4.39 Å². The van der Waals surface area contributed by atoms with Gasteiger partial charge in [-0.1, -0.05) is 6.92 Å². The van der Waals surface area contributed by atoms with Crippen LogP contribution >= 0.6 is 0 Å². The lowest BCUT2D eigenvalue weighted by atomic mass is 10.1. The molecule has 1 aromatic carbocycles. The highest BCUT2D eigenvalue weighted by Crippen LogP contribution is 2.23. The van der Waals surface area contributed by atoms with Gasteiger partial charge in [0.25, 0.3) is 0 Å². The summed E-state index contributed by atoms with van der Waals surface area (Å²) in [5, 5.41) is 3.11. The molecule has 0 amide bonds. The zero-order chi connectivity index (χ0) is 13.0. The number of rotatable bonds is 4. The lowest BCUT2D eigenvalue weighted by molar-refractivity contribution is 0.271. The first kappa shape index (κ1) is 13.3. The summed E-state index contributed by atoms with van der Waals surface area (Å²) in [4.78, 5) is 4.80. The van der Waals surface area contributed by atoms with E-state index in [0.717, 1.165) is 38.3 Å². The molecule has 0 saturated carbocycles. The zero-order valence-electron chi connectivity index (χ0n) is 11.2. The molecule has 1 aliphatic heterocycles. The van der Waals surface area contributed by atoms with Crippen molar-refractivity contribution in [2.45, 2.75) is 13.5 Å². The monoisotopic (exact) mass is 251 g/mol. The molecule has 0 bridgehead atoms. The van der Waals surface area contributed by atoms with Gasteiger partial charge in [-0.2, -0.15) is 0 Å². The van der Waals surface area contributed by atoms with Crippen molar-refractivity contribution in [3.63, 3.8) is 0 Å². The fraction of sp³-hybridized carbons (Fsp3) is 0.571. The van der Waals surface area contributed by atoms with Crippen molar-refractivity contribution in [2.24, 2.45) is 0 Å². The maximum atomic E-state index is 13.3. The maximum Gasteiger partial charge on any atom is 0.123 e. The van der Waals surface area contributed by atoms with Crippen LogP contribution in [0, 0.1) is 5.82 Å². The molecule has 1 aromatic rings. The fourth-order valence-electron chi connectivity index (χ4n) is 2.50. The van der Waals surface area contributed by atoms with Gasteiger partial charge >= 0.3 is 0 Å². The van der Waals surface area contributed by atoms with Gasteiger partial charge in [0.1, 0.15) is 5.82 Å². The number of piperazine rings is 1. The number of nitrogens with one attached hydrogen (secondary N) is 1. The van der Waals surface area contributed by atoms with Gasteiger partial charge in [-0.3, -0.25) is 0 Å². The molecule has 1 N–H and O–H groups in total. The van der Waals surface area contributed by atoms with Crippen LogP contribution in [0.3, 0.4) is 0 Å². The van der Waals surface area contributed by atoms with E-state index in [-0.39, 0.29) is 5.82 Å². The Kier molecular flexibility index (Phi) is 4.55. The van der Waals surface area contributed by atoms with Gasteiger partial charge < -0.3 is 15.1 Å². The number of anilines is 1. The van der Waals surface area contributed by atoms with Crippen LogP contribution in [-0.2, 0) is 6.54 Å². The molecular formula is C14H22FN3. The van der Waals surface area contributed by atoms with Crippen LogP contribution in [0.4, 0.5) is 10.1 Å². The molecule has 1 aliphatic rings. The molecule has 0 atom stereocenters. The summed E-state index contributed by atoms with van der Waals surface area (Å²) in [6, 6.07) is 5.10. The molecule has 3 nitrogen and oxygen atoms in total. The Balaban J connectivity index is 2.13. The maximum absolute atomic E-state index is 13.3. The summed E-state index contributed by atoms with van der Waals surface area (Å²) < 4.78 is 13.3. The van der Waals surface area contributed by atoms with E-state index in [1.54, 1.807) is 12.1 Å². The number of halogens is 1.